The van der Waals surface area contributed by atoms with E-state index in [0.717, 1.165) is 27.0 Å². The Balaban J connectivity index is 1.42. The van der Waals surface area contributed by atoms with Crippen molar-refractivity contribution in [1.29, 1.82) is 0 Å². The third-order valence-electron chi connectivity index (χ3n) is 5.21. The van der Waals surface area contributed by atoms with Gasteiger partial charge in [0.1, 0.15) is 0 Å². The maximum Gasteiger partial charge on any atom is 0.283 e. The predicted octanol–water partition coefficient (Wildman–Crippen LogP) is 6.49. The molecule has 9 heteroatoms. The van der Waals surface area contributed by atoms with Gasteiger partial charge in [-0.2, -0.15) is 0 Å². The summed E-state index contributed by atoms with van der Waals surface area (Å²) in [6, 6.07) is 22.2. The molecule has 0 bridgehead atoms. The van der Waals surface area contributed by atoms with Gasteiger partial charge in [-0.05, 0) is 60.7 Å². The lowest BCUT2D eigenvalue weighted by molar-refractivity contribution is -0.387. The Bertz CT molecular complexity index is 1530. The SMILES string of the molecule is Cc1ccc(N=C2NC(=O)/C(=C/c3ccc(Sc4cccc5cccnc45)c([N+](=O)[O-])c3)S2)cc1. The molecule has 1 aromatic heterocycles. The summed E-state index contributed by atoms with van der Waals surface area (Å²) in [6.07, 6.45) is 3.34. The maximum atomic E-state index is 12.5. The molecule has 0 atom stereocenters. The fourth-order valence-electron chi connectivity index (χ4n) is 3.50. The zero-order valence-corrected chi connectivity index (χ0v) is 20.1. The van der Waals surface area contributed by atoms with Crippen molar-refractivity contribution in [2.24, 2.45) is 4.99 Å². The molecule has 0 spiro atoms. The number of para-hydroxylation sites is 1. The molecule has 0 aliphatic carbocycles. The van der Waals surface area contributed by atoms with E-state index < -0.39 is 4.92 Å². The molecule has 1 amide bonds. The quantitative estimate of drug-likeness (QED) is 0.192. The molecule has 4 aromatic rings. The Morgan fingerprint density at radius 2 is 1.86 bits per heavy atom. The largest absolute Gasteiger partial charge is 0.300 e. The van der Waals surface area contributed by atoms with Crippen LogP contribution in [0, 0.1) is 17.0 Å². The Morgan fingerprint density at radius 1 is 1.06 bits per heavy atom. The lowest BCUT2D eigenvalue weighted by Gasteiger charge is -2.07. The average molecular weight is 499 g/mol. The number of aryl methyl sites for hydroxylation is 1. The topological polar surface area (TPSA) is 97.5 Å². The molecular weight excluding hydrogens is 480 g/mol. The van der Waals surface area contributed by atoms with Crippen LogP contribution in [0.15, 0.2) is 98.7 Å². The molecule has 1 saturated heterocycles. The summed E-state index contributed by atoms with van der Waals surface area (Å²) in [5.74, 6) is -0.288. The Hall–Kier alpha value is -3.95. The number of carbonyl (C=O) groups excluding carboxylic acids is 1. The number of hydrogen-bond acceptors (Lipinski definition) is 7. The maximum absolute atomic E-state index is 12.5. The number of fused-ring (bicyclic) bond motifs is 1. The van der Waals surface area contributed by atoms with Crippen molar-refractivity contribution < 1.29 is 9.72 Å². The van der Waals surface area contributed by atoms with Gasteiger partial charge in [0.25, 0.3) is 11.6 Å². The van der Waals surface area contributed by atoms with E-state index in [1.807, 2.05) is 61.5 Å². The van der Waals surface area contributed by atoms with Gasteiger partial charge in [0, 0.05) is 22.5 Å². The van der Waals surface area contributed by atoms with Gasteiger partial charge in [-0.15, -0.1) is 0 Å². The molecule has 1 N–H and O–H groups in total. The summed E-state index contributed by atoms with van der Waals surface area (Å²) in [7, 11) is 0. The van der Waals surface area contributed by atoms with E-state index in [0.29, 0.717) is 20.5 Å². The van der Waals surface area contributed by atoms with Crippen molar-refractivity contribution in [1.82, 2.24) is 10.3 Å². The number of benzene rings is 3. The van der Waals surface area contributed by atoms with E-state index in [9.17, 15) is 14.9 Å². The van der Waals surface area contributed by atoms with Crippen molar-refractivity contribution in [3.63, 3.8) is 0 Å². The number of aromatic nitrogens is 1. The van der Waals surface area contributed by atoms with Gasteiger partial charge in [0.05, 0.1) is 25.9 Å². The van der Waals surface area contributed by atoms with Crippen molar-refractivity contribution >= 4 is 63.0 Å². The molecule has 0 radical (unpaired) electrons. The number of amidine groups is 1. The fourth-order valence-corrected chi connectivity index (χ4v) is 5.37. The lowest BCUT2D eigenvalue weighted by Crippen LogP contribution is -2.19. The fraction of sp³-hybridized carbons (Fsp3) is 0.0385. The average Bonchev–Trinajstić information content (AvgIpc) is 3.19. The molecule has 2 heterocycles. The van der Waals surface area contributed by atoms with Crippen molar-refractivity contribution in [2.45, 2.75) is 16.7 Å². The number of amides is 1. The molecule has 35 heavy (non-hydrogen) atoms. The summed E-state index contributed by atoms with van der Waals surface area (Å²) >= 11 is 2.50. The number of rotatable bonds is 5. The van der Waals surface area contributed by atoms with Crippen LogP contribution in [0.4, 0.5) is 11.4 Å². The molecule has 3 aromatic carbocycles. The second-order valence-corrected chi connectivity index (χ2v) is 9.85. The van der Waals surface area contributed by atoms with Crippen LogP contribution in [0.5, 0.6) is 0 Å². The minimum Gasteiger partial charge on any atom is -0.300 e. The molecular formula is C26H18N4O3S2. The molecule has 172 valence electrons. The minimum absolute atomic E-state index is 0.0331. The predicted molar refractivity (Wildman–Crippen MR) is 141 cm³/mol. The van der Waals surface area contributed by atoms with E-state index in [2.05, 4.69) is 15.3 Å². The van der Waals surface area contributed by atoms with Crippen LogP contribution in [-0.4, -0.2) is 21.0 Å². The normalized spacial score (nSPS) is 15.6. The standard InChI is InChI=1S/C26H18N4O3S2/c1-16-7-10-19(11-8-16)28-26-29-25(31)23(35-26)15-17-9-12-21(20(14-17)30(32)33)34-22-6-2-4-18-5-3-13-27-24(18)22/h2-15H,1H3,(H,28,29,31)/b23-15-. The number of nitrogens with zero attached hydrogens (tertiary/aromatic N) is 3. The van der Waals surface area contributed by atoms with E-state index in [4.69, 9.17) is 0 Å². The zero-order valence-electron chi connectivity index (χ0n) is 18.5. The Morgan fingerprint density at radius 3 is 2.66 bits per heavy atom. The number of hydrogen-bond donors (Lipinski definition) is 1. The second-order valence-electron chi connectivity index (χ2n) is 7.73. The molecule has 1 aliphatic rings. The number of carbonyl (C=O) groups is 1. The molecule has 0 unspecified atom stereocenters. The van der Waals surface area contributed by atoms with E-state index in [-0.39, 0.29) is 11.6 Å². The van der Waals surface area contributed by atoms with Crippen molar-refractivity contribution in [3.8, 4) is 0 Å². The number of nitrogens with one attached hydrogen (secondary N) is 1. The lowest BCUT2D eigenvalue weighted by atomic mass is 10.2. The highest BCUT2D eigenvalue weighted by molar-refractivity contribution is 8.18. The highest BCUT2D eigenvalue weighted by Crippen LogP contribution is 2.39. The van der Waals surface area contributed by atoms with Gasteiger partial charge in [0.15, 0.2) is 5.17 Å². The number of nitro benzene ring substituents is 1. The van der Waals surface area contributed by atoms with Gasteiger partial charge in [0.2, 0.25) is 0 Å². The number of nitro groups is 1. The van der Waals surface area contributed by atoms with Crippen molar-refractivity contribution in [3.05, 3.63) is 105 Å². The monoisotopic (exact) mass is 498 g/mol. The molecule has 1 aliphatic heterocycles. The summed E-state index contributed by atoms with van der Waals surface area (Å²) < 4.78 is 0. The minimum atomic E-state index is -0.408. The number of aliphatic imine (C=N–C) groups is 1. The first-order valence-electron chi connectivity index (χ1n) is 10.6. The van der Waals surface area contributed by atoms with E-state index in [1.54, 1.807) is 24.4 Å². The first-order valence-corrected chi connectivity index (χ1v) is 12.3. The first kappa shape index (κ1) is 22.8. The van der Waals surface area contributed by atoms with Crippen LogP contribution >= 0.6 is 23.5 Å². The van der Waals surface area contributed by atoms with Gasteiger partial charge in [-0.25, -0.2) is 4.99 Å². The highest BCUT2D eigenvalue weighted by Gasteiger charge is 2.24. The molecule has 7 nitrogen and oxygen atoms in total. The van der Waals surface area contributed by atoms with Crippen LogP contribution in [-0.2, 0) is 4.79 Å². The molecule has 5 rings (SSSR count). The molecule has 0 saturated carbocycles. The highest BCUT2D eigenvalue weighted by atomic mass is 32.2. The van der Waals surface area contributed by atoms with Gasteiger partial charge >= 0.3 is 0 Å². The Labute approximate surface area is 209 Å². The summed E-state index contributed by atoms with van der Waals surface area (Å²) in [5.41, 5.74) is 3.18. The third kappa shape index (κ3) is 5.11. The summed E-state index contributed by atoms with van der Waals surface area (Å²) in [4.78, 5) is 34.6. The van der Waals surface area contributed by atoms with E-state index in [1.165, 1.54) is 29.6 Å². The summed E-state index contributed by atoms with van der Waals surface area (Å²) in [6.45, 7) is 1.99. The third-order valence-corrected chi connectivity index (χ3v) is 7.23. The second kappa shape index (κ2) is 9.73. The molecule has 1 fully saturated rings. The summed E-state index contributed by atoms with van der Waals surface area (Å²) in [5, 5.41) is 16.0. The Kier molecular flexibility index (Phi) is 6.35. The van der Waals surface area contributed by atoms with Crippen LogP contribution in [0.3, 0.4) is 0 Å². The zero-order chi connectivity index (χ0) is 24.4. The van der Waals surface area contributed by atoms with Crippen molar-refractivity contribution in [2.75, 3.05) is 0 Å². The van der Waals surface area contributed by atoms with Crippen LogP contribution < -0.4 is 5.32 Å². The van der Waals surface area contributed by atoms with E-state index >= 15 is 0 Å². The van der Waals surface area contributed by atoms with Crippen LogP contribution in [0.2, 0.25) is 0 Å². The first-order chi connectivity index (χ1) is 17.0. The smallest absolute Gasteiger partial charge is 0.283 e. The number of thioether (sulfide) groups is 1. The van der Waals surface area contributed by atoms with Crippen LogP contribution in [0.25, 0.3) is 17.0 Å². The number of pyridine rings is 1. The van der Waals surface area contributed by atoms with Gasteiger partial charge < -0.3 is 5.32 Å². The van der Waals surface area contributed by atoms with Crippen LogP contribution in [0.1, 0.15) is 11.1 Å². The van der Waals surface area contributed by atoms with Gasteiger partial charge in [-0.3, -0.25) is 19.9 Å². The van der Waals surface area contributed by atoms with Gasteiger partial charge in [-0.1, -0.05) is 53.7 Å².